The molecule has 116 valence electrons. The van der Waals surface area contributed by atoms with Gasteiger partial charge >= 0.3 is 0 Å². The van der Waals surface area contributed by atoms with Gasteiger partial charge in [0.15, 0.2) is 0 Å². The zero-order valence-corrected chi connectivity index (χ0v) is 13.5. The summed E-state index contributed by atoms with van der Waals surface area (Å²) in [6, 6.07) is 6.24. The average Bonchev–Trinajstić information content (AvgIpc) is 2.44. The molecule has 1 aromatic rings. The van der Waals surface area contributed by atoms with Crippen LogP contribution in [0.1, 0.15) is 44.0 Å². The van der Waals surface area contributed by atoms with Gasteiger partial charge in [-0.15, -0.1) is 0 Å². The van der Waals surface area contributed by atoms with E-state index < -0.39 is 6.04 Å². The molecule has 0 unspecified atom stereocenters. The van der Waals surface area contributed by atoms with E-state index in [1.165, 1.54) is 0 Å². The van der Waals surface area contributed by atoms with Gasteiger partial charge in [0.05, 0.1) is 10.6 Å². The summed E-state index contributed by atoms with van der Waals surface area (Å²) < 4.78 is 0. The molecule has 0 bridgehead atoms. The molecule has 2 N–H and O–H groups in total. The maximum atomic E-state index is 12.2. The molecule has 1 rings (SSSR count). The van der Waals surface area contributed by atoms with Crippen molar-refractivity contribution in [3.05, 3.63) is 34.9 Å². The van der Waals surface area contributed by atoms with Crippen LogP contribution in [0.15, 0.2) is 24.3 Å². The SMILES string of the molecule is CCCCNC(=O)[C@@H](NC(=O)c1ccccc1Cl)C(C)C. The van der Waals surface area contributed by atoms with Crippen LogP contribution in [0, 0.1) is 5.92 Å². The number of nitrogens with one attached hydrogen (secondary N) is 2. The molecule has 0 spiro atoms. The first-order valence-electron chi connectivity index (χ1n) is 7.30. The van der Waals surface area contributed by atoms with E-state index in [1.54, 1.807) is 24.3 Å². The molecule has 0 radical (unpaired) electrons. The number of unbranched alkanes of at least 4 members (excludes halogenated alkanes) is 1. The maximum absolute atomic E-state index is 12.2. The van der Waals surface area contributed by atoms with Crippen LogP contribution in [0.2, 0.25) is 5.02 Å². The van der Waals surface area contributed by atoms with Crippen molar-refractivity contribution >= 4 is 23.4 Å². The van der Waals surface area contributed by atoms with E-state index >= 15 is 0 Å². The molecule has 0 aliphatic rings. The number of rotatable bonds is 7. The molecule has 4 nitrogen and oxygen atoms in total. The molecular weight excluding hydrogens is 288 g/mol. The fourth-order valence-electron chi connectivity index (χ4n) is 1.90. The van der Waals surface area contributed by atoms with Crippen molar-refractivity contribution in [3.8, 4) is 0 Å². The van der Waals surface area contributed by atoms with Crippen LogP contribution in [0.4, 0.5) is 0 Å². The van der Waals surface area contributed by atoms with Crippen molar-refractivity contribution in [2.45, 2.75) is 39.7 Å². The Morgan fingerprint density at radius 3 is 2.48 bits per heavy atom. The standard InChI is InChI=1S/C16H23ClN2O2/c1-4-5-10-18-16(21)14(11(2)3)19-15(20)12-8-6-7-9-13(12)17/h6-9,11,14H,4-5,10H2,1-3H3,(H,18,21)(H,19,20)/t14-/m0/s1. The summed E-state index contributed by atoms with van der Waals surface area (Å²) in [6.45, 7) is 6.49. The van der Waals surface area contributed by atoms with Crippen molar-refractivity contribution in [1.29, 1.82) is 0 Å². The number of benzene rings is 1. The van der Waals surface area contributed by atoms with Gasteiger partial charge < -0.3 is 10.6 Å². The van der Waals surface area contributed by atoms with Crippen LogP contribution < -0.4 is 10.6 Å². The Morgan fingerprint density at radius 1 is 1.24 bits per heavy atom. The Kier molecular flexibility index (Phi) is 7.23. The molecule has 0 saturated carbocycles. The lowest BCUT2D eigenvalue weighted by molar-refractivity contribution is -0.123. The van der Waals surface area contributed by atoms with Crippen LogP contribution in [0.3, 0.4) is 0 Å². The summed E-state index contributed by atoms with van der Waals surface area (Å²) in [4.78, 5) is 24.4. The molecule has 0 saturated heterocycles. The fourth-order valence-corrected chi connectivity index (χ4v) is 2.12. The van der Waals surface area contributed by atoms with Crippen LogP contribution in [-0.4, -0.2) is 24.4 Å². The number of carbonyl (C=O) groups is 2. The predicted octanol–water partition coefficient (Wildman–Crippen LogP) is 3.01. The third-order valence-corrected chi connectivity index (χ3v) is 3.51. The Balaban J connectivity index is 2.72. The van der Waals surface area contributed by atoms with Gasteiger partial charge in [-0.25, -0.2) is 0 Å². The van der Waals surface area contributed by atoms with E-state index in [0.29, 0.717) is 17.1 Å². The van der Waals surface area contributed by atoms with Crippen molar-refractivity contribution in [3.63, 3.8) is 0 Å². The summed E-state index contributed by atoms with van der Waals surface area (Å²) in [5.41, 5.74) is 0.381. The second-order valence-electron chi connectivity index (χ2n) is 5.32. The van der Waals surface area contributed by atoms with Crippen LogP contribution in [0.5, 0.6) is 0 Å². The summed E-state index contributed by atoms with van der Waals surface area (Å²) in [6.07, 6.45) is 1.94. The minimum Gasteiger partial charge on any atom is -0.354 e. The highest BCUT2D eigenvalue weighted by Crippen LogP contribution is 2.15. The van der Waals surface area contributed by atoms with Crippen LogP contribution in [0.25, 0.3) is 0 Å². The number of hydrogen-bond donors (Lipinski definition) is 2. The Hall–Kier alpha value is -1.55. The Labute approximate surface area is 131 Å². The molecule has 1 aromatic carbocycles. The summed E-state index contributed by atoms with van der Waals surface area (Å²) >= 11 is 6.00. The molecule has 5 heteroatoms. The first kappa shape index (κ1) is 17.5. The number of carbonyl (C=O) groups excluding carboxylic acids is 2. The molecule has 0 aliphatic heterocycles. The smallest absolute Gasteiger partial charge is 0.253 e. The summed E-state index contributed by atoms with van der Waals surface area (Å²) in [7, 11) is 0. The Morgan fingerprint density at radius 2 is 1.90 bits per heavy atom. The third-order valence-electron chi connectivity index (χ3n) is 3.18. The van der Waals surface area contributed by atoms with Gasteiger partial charge in [-0.05, 0) is 24.5 Å². The van der Waals surface area contributed by atoms with E-state index in [2.05, 4.69) is 17.6 Å². The second-order valence-corrected chi connectivity index (χ2v) is 5.73. The van der Waals surface area contributed by atoms with Gasteiger partial charge in [-0.2, -0.15) is 0 Å². The van der Waals surface area contributed by atoms with Gasteiger partial charge in [0.2, 0.25) is 5.91 Å². The first-order chi connectivity index (χ1) is 9.97. The average molecular weight is 311 g/mol. The zero-order valence-electron chi connectivity index (χ0n) is 12.8. The largest absolute Gasteiger partial charge is 0.354 e. The minimum atomic E-state index is -0.564. The summed E-state index contributed by atoms with van der Waals surface area (Å²) in [5, 5.41) is 5.99. The zero-order chi connectivity index (χ0) is 15.8. The lowest BCUT2D eigenvalue weighted by Gasteiger charge is -2.22. The highest BCUT2D eigenvalue weighted by molar-refractivity contribution is 6.33. The lowest BCUT2D eigenvalue weighted by atomic mass is 10.0. The van der Waals surface area contributed by atoms with Crippen molar-refractivity contribution in [2.24, 2.45) is 5.92 Å². The van der Waals surface area contributed by atoms with Crippen molar-refractivity contribution < 1.29 is 9.59 Å². The second kappa shape index (κ2) is 8.67. The van der Waals surface area contributed by atoms with E-state index in [1.807, 2.05) is 13.8 Å². The maximum Gasteiger partial charge on any atom is 0.253 e. The van der Waals surface area contributed by atoms with Gasteiger partial charge in [0, 0.05) is 6.54 Å². The molecule has 1 atom stereocenters. The highest BCUT2D eigenvalue weighted by atomic mass is 35.5. The van der Waals surface area contributed by atoms with E-state index in [9.17, 15) is 9.59 Å². The third kappa shape index (κ3) is 5.38. The van der Waals surface area contributed by atoms with Gasteiger partial charge in [-0.1, -0.05) is 50.9 Å². The summed E-state index contributed by atoms with van der Waals surface area (Å²) in [5.74, 6) is -0.484. The topological polar surface area (TPSA) is 58.2 Å². The quantitative estimate of drug-likeness (QED) is 0.761. The monoisotopic (exact) mass is 310 g/mol. The number of amides is 2. The van der Waals surface area contributed by atoms with Gasteiger partial charge in [0.1, 0.15) is 6.04 Å². The van der Waals surface area contributed by atoms with Gasteiger partial charge in [0.25, 0.3) is 5.91 Å². The normalized spacial score (nSPS) is 12.0. The molecule has 2 amide bonds. The van der Waals surface area contributed by atoms with Crippen LogP contribution in [-0.2, 0) is 4.79 Å². The fraction of sp³-hybridized carbons (Fsp3) is 0.500. The van der Waals surface area contributed by atoms with Gasteiger partial charge in [-0.3, -0.25) is 9.59 Å². The molecule has 0 aromatic heterocycles. The first-order valence-corrected chi connectivity index (χ1v) is 7.68. The molecule has 0 heterocycles. The number of hydrogen-bond acceptors (Lipinski definition) is 2. The molecular formula is C16H23ClN2O2. The van der Waals surface area contributed by atoms with E-state index in [0.717, 1.165) is 12.8 Å². The number of halogens is 1. The minimum absolute atomic E-state index is 0.00179. The van der Waals surface area contributed by atoms with Crippen molar-refractivity contribution in [1.82, 2.24) is 10.6 Å². The highest BCUT2D eigenvalue weighted by Gasteiger charge is 2.24. The van der Waals surface area contributed by atoms with Crippen molar-refractivity contribution in [2.75, 3.05) is 6.54 Å². The lowest BCUT2D eigenvalue weighted by Crippen LogP contribution is -2.49. The Bertz CT molecular complexity index is 489. The molecule has 0 aliphatic carbocycles. The molecule has 21 heavy (non-hydrogen) atoms. The van der Waals surface area contributed by atoms with E-state index in [4.69, 9.17) is 11.6 Å². The van der Waals surface area contributed by atoms with E-state index in [-0.39, 0.29) is 17.7 Å². The predicted molar refractivity (Wildman–Crippen MR) is 85.5 cm³/mol. The molecule has 0 fully saturated rings. The van der Waals surface area contributed by atoms with Crippen LogP contribution >= 0.6 is 11.6 Å².